The van der Waals surface area contributed by atoms with Crippen molar-refractivity contribution < 1.29 is 0 Å². The Morgan fingerprint density at radius 3 is 2.50 bits per heavy atom. The Labute approximate surface area is 97.0 Å². The molecule has 16 heavy (non-hydrogen) atoms. The maximum absolute atomic E-state index is 4.73. The van der Waals surface area contributed by atoms with Crippen molar-refractivity contribution in [2.75, 3.05) is 0 Å². The van der Waals surface area contributed by atoms with Gasteiger partial charge < -0.3 is 4.57 Å². The quantitative estimate of drug-likeness (QED) is 0.766. The molecule has 1 heterocycles. The van der Waals surface area contributed by atoms with Gasteiger partial charge in [-0.05, 0) is 13.3 Å². The van der Waals surface area contributed by atoms with Gasteiger partial charge in [-0.2, -0.15) is 0 Å². The fourth-order valence-corrected chi connectivity index (χ4v) is 1.95. The Hall–Kier alpha value is -1.57. The van der Waals surface area contributed by atoms with Crippen LogP contribution in [0.5, 0.6) is 0 Å². The lowest BCUT2D eigenvalue weighted by molar-refractivity contribution is 0.745. The second-order valence-electron chi connectivity index (χ2n) is 4.14. The van der Waals surface area contributed by atoms with Gasteiger partial charge in [0.25, 0.3) is 0 Å². The highest BCUT2D eigenvalue weighted by Gasteiger charge is 2.11. The number of hydrogen-bond donors (Lipinski definition) is 0. The molecule has 0 aliphatic carbocycles. The summed E-state index contributed by atoms with van der Waals surface area (Å²) >= 11 is 0. The number of imidazole rings is 1. The maximum Gasteiger partial charge on any atom is 0.109 e. The van der Waals surface area contributed by atoms with E-state index in [0.29, 0.717) is 0 Å². The summed E-state index contributed by atoms with van der Waals surface area (Å²) < 4.78 is 2.20. The van der Waals surface area contributed by atoms with Crippen LogP contribution in [0.4, 0.5) is 0 Å². The van der Waals surface area contributed by atoms with Gasteiger partial charge >= 0.3 is 0 Å². The normalized spacial score (nSPS) is 10.7. The van der Waals surface area contributed by atoms with Crippen molar-refractivity contribution in [1.29, 1.82) is 0 Å². The molecule has 2 nitrogen and oxygen atoms in total. The number of benzene rings is 1. The van der Waals surface area contributed by atoms with Crippen molar-refractivity contribution in [3.05, 3.63) is 41.9 Å². The molecule has 84 valence electrons. The van der Waals surface area contributed by atoms with Gasteiger partial charge in [0.1, 0.15) is 5.82 Å². The zero-order valence-electron chi connectivity index (χ0n) is 10.2. The van der Waals surface area contributed by atoms with Gasteiger partial charge in [-0.25, -0.2) is 4.98 Å². The van der Waals surface area contributed by atoms with Crippen LogP contribution in [-0.2, 0) is 13.5 Å². The zero-order valence-corrected chi connectivity index (χ0v) is 10.2. The van der Waals surface area contributed by atoms with E-state index in [9.17, 15) is 0 Å². The first kappa shape index (κ1) is 10.9. The van der Waals surface area contributed by atoms with Crippen LogP contribution in [0.1, 0.15) is 24.9 Å². The molecule has 0 spiro atoms. The second kappa shape index (κ2) is 4.52. The van der Waals surface area contributed by atoms with Crippen LogP contribution >= 0.6 is 0 Å². The Morgan fingerprint density at radius 1 is 1.19 bits per heavy atom. The van der Waals surface area contributed by atoms with Crippen LogP contribution in [0.25, 0.3) is 11.3 Å². The molecule has 2 aromatic rings. The van der Waals surface area contributed by atoms with E-state index in [0.717, 1.165) is 18.5 Å². The Kier molecular flexibility index (Phi) is 3.09. The first-order valence-corrected chi connectivity index (χ1v) is 5.81. The Balaban J connectivity index is 2.46. The summed E-state index contributed by atoms with van der Waals surface area (Å²) in [6, 6.07) is 10.4. The summed E-state index contributed by atoms with van der Waals surface area (Å²) in [7, 11) is 2.10. The van der Waals surface area contributed by atoms with Crippen LogP contribution < -0.4 is 0 Å². The monoisotopic (exact) mass is 214 g/mol. The molecule has 0 atom stereocenters. The van der Waals surface area contributed by atoms with Crippen LogP contribution in [0.3, 0.4) is 0 Å². The molecule has 1 aromatic heterocycles. The number of aryl methyl sites for hydroxylation is 1. The van der Waals surface area contributed by atoms with E-state index < -0.39 is 0 Å². The van der Waals surface area contributed by atoms with Crippen molar-refractivity contribution >= 4 is 0 Å². The van der Waals surface area contributed by atoms with Crippen LogP contribution in [-0.4, -0.2) is 9.55 Å². The van der Waals surface area contributed by atoms with Gasteiger partial charge in [0.2, 0.25) is 0 Å². The highest BCUT2D eigenvalue weighted by molar-refractivity contribution is 5.61. The molecule has 0 N–H and O–H groups in total. The van der Waals surface area contributed by atoms with Crippen LogP contribution in [0, 0.1) is 6.92 Å². The average molecular weight is 214 g/mol. The molecule has 0 fully saturated rings. The molecule has 0 saturated heterocycles. The molecule has 0 unspecified atom stereocenters. The van der Waals surface area contributed by atoms with Gasteiger partial charge in [-0.15, -0.1) is 0 Å². The van der Waals surface area contributed by atoms with Crippen LogP contribution in [0.15, 0.2) is 30.3 Å². The van der Waals surface area contributed by atoms with E-state index in [4.69, 9.17) is 4.98 Å². The molecule has 2 rings (SSSR count). The minimum Gasteiger partial charge on any atom is -0.335 e. The van der Waals surface area contributed by atoms with E-state index in [1.54, 1.807) is 0 Å². The number of nitrogens with zero attached hydrogens (tertiary/aromatic N) is 2. The lowest BCUT2D eigenvalue weighted by Crippen LogP contribution is -1.98. The third-order valence-corrected chi connectivity index (χ3v) is 2.99. The van der Waals surface area contributed by atoms with Crippen molar-refractivity contribution in [1.82, 2.24) is 9.55 Å². The van der Waals surface area contributed by atoms with Crippen molar-refractivity contribution in [3.8, 4) is 11.3 Å². The Morgan fingerprint density at radius 2 is 1.88 bits per heavy atom. The van der Waals surface area contributed by atoms with E-state index in [1.807, 2.05) is 6.07 Å². The summed E-state index contributed by atoms with van der Waals surface area (Å²) in [4.78, 5) is 4.73. The maximum atomic E-state index is 4.73. The summed E-state index contributed by atoms with van der Waals surface area (Å²) in [6.07, 6.45) is 2.18. The Bertz CT molecular complexity index is 469. The third-order valence-electron chi connectivity index (χ3n) is 2.99. The molecule has 2 heteroatoms. The van der Waals surface area contributed by atoms with Crippen molar-refractivity contribution in [3.63, 3.8) is 0 Å². The summed E-state index contributed by atoms with van der Waals surface area (Å²) in [5.74, 6) is 1.18. The molecule has 0 aliphatic heterocycles. The summed E-state index contributed by atoms with van der Waals surface area (Å²) in [5.41, 5.74) is 3.57. The molecule has 0 aliphatic rings. The number of aromatic nitrogens is 2. The van der Waals surface area contributed by atoms with E-state index in [2.05, 4.69) is 49.7 Å². The molecule has 0 bridgehead atoms. The smallest absolute Gasteiger partial charge is 0.109 e. The number of rotatable bonds is 3. The lowest BCUT2D eigenvalue weighted by Gasteiger charge is -2.01. The van der Waals surface area contributed by atoms with Gasteiger partial charge in [0.05, 0.1) is 5.69 Å². The predicted octanol–water partition coefficient (Wildman–Crippen LogP) is 3.35. The molecular formula is C14H18N2. The first-order chi connectivity index (χ1) is 7.74. The second-order valence-corrected chi connectivity index (χ2v) is 4.14. The number of hydrogen-bond acceptors (Lipinski definition) is 1. The standard InChI is InChI=1S/C14H18N2/c1-4-8-13-15-14(11(2)16(13)3)12-9-6-5-7-10-12/h5-7,9-10H,4,8H2,1-3H3. The minimum absolute atomic E-state index is 1.05. The highest BCUT2D eigenvalue weighted by atomic mass is 15.1. The van der Waals surface area contributed by atoms with Gasteiger partial charge in [-0.3, -0.25) is 0 Å². The summed E-state index contributed by atoms with van der Waals surface area (Å²) in [5, 5.41) is 0. The largest absolute Gasteiger partial charge is 0.335 e. The topological polar surface area (TPSA) is 17.8 Å². The molecule has 1 aromatic carbocycles. The predicted molar refractivity (Wildman–Crippen MR) is 67.4 cm³/mol. The van der Waals surface area contributed by atoms with E-state index in [-0.39, 0.29) is 0 Å². The first-order valence-electron chi connectivity index (χ1n) is 5.81. The fourth-order valence-electron chi connectivity index (χ4n) is 1.95. The highest BCUT2D eigenvalue weighted by Crippen LogP contribution is 2.22. The fraction of sp³-hybridized carbons (Fsp3) is 0.357. The minimum atomic E-state index is 1.05. The van der Waals surface area contributed by atoms with Crippen molar-refractivity contribution in [2.24, 2.45) is 7.05 Å². The lowest BCUT2D eigenvalue weighted by atomic mass is 10.1. The molecule has 0 radical (unpaired) electrons. The van der Waals surface area contributed by atoms with Gasteiger partial charge in [-0.1, -0.05) is 37.3 Å². The zero-order chi connectivity index (χ0) is 11.5. The summed E-state index contributed by atoms with van der Waals surface area (Å²) in [6.45, 7) is 4.32. The van der Waals surface area contributed by atoms with E-state index >= 15 is 0 Å². The van der Waals surface area contributed by atoms with Gasteiger partial charge in [0, 0.05) is 24.7 Å². The van der Waals surface area contributed by atoms with Crippen molar-refractivity contribution in [2.45, 2.75) is 26.7 Å². The van der Waals surface area contributed by atoms with Gasteiger partial charge in [0.15, 0.2) is 0 Å². The van der Waals surface area contributed by atoms with Crippen LogP contribution in [0.2, 0.25) is 0 Å². The SMILES string of the molecule is CCCc1nc(-c2ccccc2)c(C)n1C. The average Bonchev–Trinajstić information content (AvgIpc) is 2.59. The van der Waals surface area contributed by atoms with E-state index in [1.165, 1.54) is 17.1 Å². The molecule has 0 saturated carbocycles. The molecular weight excluding hydrogens is 196 g/mol. The molecule has 0 amide bonds. The third kappa shape index (κ3) is 1.87.